The normalized spacial score (nSPS) is 11.0. The van der Waals surface area contributed by atoms with Crippen molar-refractivity contribution in [2.24, 2.45) is 5.73 Å². The Labute approximate surface area is 148 Å². The highest BCUT2D eigenvalue weighted by Crippen LogP contribution is 2.29. The highest BCUT2D eigenvalue weighted by atomic mass is 16.5. The number of aromatic nitrogens is 1. The molecule has 134 valence electrons. The minimum absolute atomic E-state index is 0.199. The lowest BCUT2D eigenvalue weighted by atomic mass is 10.1. The van der Waals surface area contributed by atoms with E-state index in [4.69, 9.17) is 15.2 Å². The lowest BCUT2D eigenvalue weighted by Gasteiger charge is -2.24. The lowest BCUT2D eigenvalue weighted by molar-refractivity contribution is 0.0915. The smallest absolute Gasteiger partial charge is 0.251 e. The van der Waals surface area contributed by atoms with Crippen LogP contribution in [0, 0.1) is 0 Å². The number of nitrogens with one attached hydrogen (secondary N) is 1. The van der Waals surface area contributed by atoms with E-state index in [0.717, 1.165) is 5.56 Å². The molecule has 1 aromatic heterocycles. The molecule has 2 aromatic rings. The monoisotopic (exact) mass is 343 g/mol. The van der Waals surface area contributed by atoms with Crippen molar-refractivity contribution in [3.8, 4) is 11.5 Å². The van der Waals surface area contributed by atoms with Gasteiger partial charge in [0.25, 0.3) is 5.91 Å². The third-order valence-electron chi connectivity index (χ3n) is 3.59. The Balaban J connectivity index is 2.15. The number of nitrogens with zero attached hydrogens (tertiary/aromatic N) is 1. The SMILES string of the molecule is CCOc1cc(C(=O)NC(C)(C)CN)ccc1OCc1cccnc1. The summed E-state index contributed by atoms with van der Waals surface area (Å²) in [5.74, 6) is 0.917. The van der Waals surface area contributed by atoms with Crippen LogP contribution >= 0.6 is 0 Å². The summed E-state index contributed by atoms with van der Waals surface area (Å²) in [6.45, 7) is 6.83. The number of carbonyl (C=O) groups is 1. The Bertz CT molecular complexity index is 702. The van der Waals surface area contributed by atoms with E-state index < -0.39 is 5.54 Å². The van der Waals surface area contributed by atoms with Crippen LogP contribution in [0.4, 0.5) is 0 Å². The maximum Gasteiger partial charge on any atom is 0.251 e. The van der Waals surface area contributed by atoms with Crippen molar-refractivity contribution >= 4 is 5.91 Å². The van der Waals surface area contributed by atoms with Crippen LogP contribution in [0.1, 0.15) is 36.7 Å². The van der Waals surface area contributed by atoms with Crippen molar-refractivity contribution in [1.82, 2.24) is 10.3 Å². The number of hydrogen-bond acceptors (Lipinski definition) is 5. The molecule has 3 N–H and O–H groups in total. The molecule has 0 unspecified atom stereocenters. The van der Waals surface area contributed by atoms with E-state index in [1.165, 1.54) is 0 Å². The van der Waals surface area contributed by atoms with E-state index in [-0.39, 0.29) is 5.91 Å². The molecule has 0 bridgehead atoms. The Morgan fingerprint density at radius 2 is 2.04 bits per heavy atom. The van der Waals surface area contributed by atoms with Gasteiger partial charge in [-0.25, -0.2) is 0 Å². The fraction of sp³-hybridized carbons (Fsp3) is 0.368. The molecule has 0 aliphatic rings. The van der Waals surface area contributed by atoms with E-state index >= 15 is 0 Å². The predicted molar refractivity (Wildman–Crippen MR) is 96.8 cm³/mol. The number of amides is 1. The summed E-state index contributed by atoms with van der Waals surface area (Å²) in [4.78, 5) is 16.5. The molecule has 6 nitrogen and oxygen atoms in total. The van der Waals surface area contributed by atoms with Gasteiger partial charge in [-0.1, -0.05) is 6.07 Å². The summed E-state index contributed by atoms with van der Waals surface area (Å²) in [6, 6.07) is 8.93. The Kier molecular flexibility index (Phi) is 6.36. The van der Waals surface area contributed by atoms with Gasteiger partial charge in [0.1, 0.15) is 6.61 Å². The predicted octanol–water partition coefficient (Wildman–Crippen LogP) is 2.53. The number of hydrogen-bond donors (Lipinski definition) is 2. The first kappa shape index (κ1) is 18.7. The molecule has 1 aromatic carbocycles. The van der Waals surface area contributed by atoms with Crippen molar-refractivity contribution in [1.29, 1.82) is 0 Å². The molecule has 0 atom stereocenters. The Morgan fingerprint density at radius 3 is 2.68 bits per heavy atom. The molecule has 0 aliphatic carbocycles. The summed E-state index contributed by atoms with van der Waals surface area (Å²) in [6.07, 6.45) is 3.46. The fourth-order valence-electron chi connectivity index (χ4n) is 2.11. The van der Waals surface area contributed by atoms with Gasteiger partial charge in [0.15, 0.2) is 11.5 Å². The first-order valence-corrected chi connectivity index (χ1v) is 8.26. The van der Waals surface area contributed by atoms with Gasteiger partial charge in [-0.15, -0.1) is 0 Å². The zero-order chi connectivity index (χ0) is 18.3. The summed E-state index contributed by atoms with van der Waals surface area (Å²) in [7, 11) is 0. The van der Waals surface area contributed by atoms with Crippen molar-refractivity contribution in [2.45, 2.75) is 32.9 Å². The number of carbonyl (C=O) groups excluding carboxylic acids is 1. The maximum atomic E-state index is 12.4. The largest absolute Gasteiger partial charge is 0.490 e. The van der Waals surface area contributed by atoms with E-state index in [1.807, 2.05) is 32.9 Å². The minimum atomic E-state index is -0.474. The van der Waals surface area contributed by atoms with Crippen LogP contribution < -0.4 is 20.5 Å². The van der Waals surface area contributed by atoms with Crippen LogP contribution in [-0.4, -0.2) is 29.6 Å². The molecule has 0 saturated carbocycles. The van der Waals surface area contributed by atoms with Gasteiger partial charge in [-0.2, -0.15) is 0 Å². The molecule has 25 heavy (non-hydrogen) atoms. The average Bonchev–Trinajstić information content (AvgIpc) is 2.61. The second-order valence-electron chi connectivity index (χ2n) is 6.29. The van der Waals surface area contributed by atoms with Crippen LogP contribution in [0.3, 0.4) is 0 Å². The van der Waals surface area contributed by atoms with Crippen LogP contribution in [0.15, 0.2) is 42.7 Å². The Hall–Kier alpha value is -2.60. The molecule has 0 fully saturated rings. The third kappa shape index (κ3) is 5.46. The number of pyridine rings is 1. The first-order chi connectivity index (χ1) is 11.9. The molecule has 0 saturated heterocycles. The zero-order valence-electron chi connectivity index (χ0n) is 14.9. The van der Waals surface area contributed by atoms with E-state index in [1.54, 1.807) is 30.6 Å². The standard InChI is InChI=1S/C19H25N3O3/c1-4-24-17-10-15(18(23)22-19(2,3)13-20)7-8-16(17)25-12-14-6-5-9-21-11-14/h5-11H,4,12-13,20H2,1-3H3,(H,22,23). The summed E-state index contributed by atoms with van der Waals surface area (Å²) in [5, 5.41) is 2.90. The molecule has 6 heteroatoms. The second-order valence-corrected chi connectivity index (χ2v) is 6.29. The zero-order valence-corrected chi connectivity index (χ0v) is 14.9. The minimum Gasteiger partial charge on any atom is -0.490 e. The molecule has 1 heterocycles. The number of rotatable bonds is 8. The summed E-state index contributed by atoms with van der Waals surface area (Å²) >= 11 is 0. The molecule has 2 rings (SSSR count). The van der Waals surface area contributed by atoms with Crippen molar-refractivity contribution < 1.29 is 14.3 Å². The van der Waals surface area contributed by atoms with Crippen LogP contribution in [-0.2, 0) is 6.61 Å². The van der Waals surface area contributed by atoms with Gasteiger partial charge in [-0.3, -0.25) is 9.78 Å². The van der Waals surface area contributed by atoms with Gasteiger partial charge >= 0.3 is 0 Å². The van der Waals surface area contributed by atoms with Crippen molar-refractivity contribution in [3.05, 3.63) is 53.9 Å². The fourth-order valence-corrected chi connectivity index (χ4v) is 2.11. The molecule has 0 radical (unpaired) electrons. The third-order valence-corrected chi connectivity index (χ3v) is 3.59. The van der Waals surface area contributed by atoms with E-state index in [2.05, 4.69) is 10.3 Å². The maximum absolute atomic E-state index is 12.4. The number of benzene rings is 1. The molecule has 0 aliphatic heterocycles. The van der Waals surface area contributed by atoms with E-state index in [0.29, 0.717) is 36.8 Å². The van der Waals surface area contributed by atoms with Gasteiger partial charge in [-0.05, 0) is 45.0 Å². The summed E-state index contributed by atoms with van der Waals surface area (Å²) < 4.78 is 11.4. The van der Waals surface area contributed by atoms with E-state index in [9.17, 15) is 4.79 Å². The topological polar surface area (TPSA) is 86.5 Å². The van der Waals surface area contributed by atoms with Crippen LogP contribution in [0.2, 0.25) is 0 Å². The van der Waals surface area contributed by atoms with Gasteiger partial charge in [0.05, 0.1) is 6.61 Å². The lowest BCUT2D eigenvalue weighted by Crippen LogP contribution is -2.48. The molecular weight excluding hydrogens is 318 g/mol. The van der Waals surface area contributed by atoms with Gasteiger partial charge in [0, 0.05) is 35.6 Å². The Morgan fingerprint density at radius 1 is 1.24 bits per heavy atom. The van der Waals surface area contributed by atoms with Crippen LogP contribution in [0.5, 0.6) is 11.5 Å². The van der Waals surface area contributed by atoms with Crippen molar-refractivity contribution in [3.63, 3.8) is 0 Å². The van der Waals surface area contributed by atoms with Gasteiger partial charge < -0.3 is 20.5 Å². The average molecular weight is 343 g/mol. The molecular formula is C19H25N3O3. The highest BCUT2D eigenvalue weighted by molar-refractivity contribution is 5.95. The highest BCUT2D eigenvalue weighted by Gasteiger charge is 2.20. The second kappa shape index (κ2) is 8.48. The first-order valence-electron chi connectivity index (χ1n) is 8.26. The van der Waals surface area contributed by atoms with Gasteiger partial charge in [0.2, 0.25) is 0 Å². The number of ether oxygens (including phenoxy) is 2. The quantitative estimate of drug-likeness (QED) is 0.769. The summed E-state index contributed by atoms with van der Waals surface area (Å²) in [5.41, 5.74) is 6.64. The van der Waals surface area contributed by atoms with Crippen LogP contribution in [0.25, 0.3) is 0 Å². The molecule has 1 amide bonds. The number of nitrogens with two attached hydrogens (primary N) is 1. The van der Waals surface area contributed by atoms with Crippen molar-refractivity contribution in [2.75, 3.05) is 13.2 Å². The molecule has 0 spiro atoms.